The number of benzene rings is 1. The number of nitrogens with zero attached hydrogens (tertiary/aromatic N) is 5. The fraction of sp³-hybridized carbons (Fsp3) is 0.542. The number of piperazine rings is 1. The lowest BCUT2D eigenvalue weighted by molar-refractivity contribution is -0.385. The summed E-state index contributed by atoms with van der Waals surface area (Å²) < 4.78 is 30.7. The van der Waals surface area contributed by atoms with Gasteiger partial charge in [0.25, 0.3) is 5.69 Å². The van der Waals surface area contributed by atoms with Crippen LogP contribution < -0.4 is 20.7 Å². The van der Waals surface area contributed by atoms with Crippen molar-refractivity contribution in [3.8, 4) is 0 Å². The van der Waals surface area contributed by atoms with Crippen LogP contribution in [0, 0.1) is 39.6 Å². The van der Waals surface area contributed by atoms with E-state index in [1.807, 2.05) is 7.05 Å². The Labute approximate surface area is 232 Å². The third-order valence-electron chi connectivity index (χ3n) is 8.13. The van der Waals surface area contributed by atoms with Gasteiger partial charge in [-0.15, -0.1) is 0 Å². The summed E-state index contributed by atoms with van der Waals surface area (Å²) in [6.07, 6.45) is 2.35. The van der Waals surface area contributed by atoms with Crippen molar-refractivity contribution < 1.29 is 18.3 Å². The van der Waals surface area contributed by atoms with Crippen molar-refractivity contribution in [2.75, 3.05) is 50.0 Å². The van der Waals surface area contributed by atoms with E-state index in [0.717, 1.165) is 32.4 Å². The molecule has 2 aromatic rings. The number of carbonyl (C=O) groups excluding carboxylic acids is 1. The summed E-state index contributed by atoms with van der Waals surface area (Å²) in [4.78, 5) is 35.5. The summed E-state index contributed by atoms with van der Waals surface area (Å²) in [7, 11) is 0.318. The van der Waals surface area contributed by atoms with Crippen LogP contribution >= 0.6 is 11.6 Å². The molecule has 6 atom stereocenters. The van der Waals surface area contributed by atoms with Crippen molar-refractivity contribution in [2.24, 2.45) is 29.4 Å². The van der Waals surface area contributed by atoms with Crippen LogP contribution in [0.2, 0.25) is 5.28 Å². The van der Waals surface area contributed by atoms with E-state index in [4.69, 9.17) is 17.3 Å². The molecular formula is C24H30ClFN8O4S. The molecule has 3 aliphatic rings. The van der Waals surface area contributed by atoms with Gasteiger partial charge in [0.05, 0.1) is 21.9 Å². The second kappa shape index (κ2) is 11.3. The topological polar surface area (TPSA) is 160 Å². The van der Waals surface area contributed by atoms with Crippen LogP contribution in [0.25, 0.3) is 0 Å². The third kappa shape index (κ3) is 5.83. The van der Waals surface area contributed by atoms with Crippen LogP contribution in [-0.2, 0) is 15.8 Å². The van der Waals surface area contributed by atoms with Gasteiger partial charge in [0, 0.05) is 56.6 Å². The van der Waals surface area contributed by atoms with E-state index in [1.54, 1.807) is 6.07 Å². The molecule has 1 unspecified atom stereocenters. The van der Waals surface area contributed by atoms with Crippen molar-refractivity contribution in [1.82, 2.24) is 19.6 Å². The number of carbonyl (C=O) groups is 1. The molecule has 12 nitrogen and oxygen atoms in total. The maximum atomic E-state index is 14.3. The van der Waals surface area contributed by atoms with Crippen molar-refractivity contribution in [1.29, 1.82) is 0 Å². The normalized spacial score (nSPS) is 27.5. The lowest BCUT2D eigenvalue weighted by Crippen LogP contribution is -2.47. The monoisotopic (exact) mass is 580 g/mol. The van der Waals surface area contributed by atoms with Crippen molar-refractivity contribution in [3.63, 3.8) is 0 Å². The highest BCUT2D eigenvalue weighted by molar-refractivity contribution is 7.83. The fourth-order valence-corrected chi connectivity index (χ4v) is 7.35. The minimum Gasteiger partial charge on any atom is -0.369 e. The lowest BCUT2D eigenvalue weighted by Gasteiger charge is -2.35. The van der Waals surface area contributed by atoms with Gasteiger partial charge >= 0.3 is 0 Å². The number of hydrogen-bond donors (Lipinski definition) is 3. The van der Waals surface area contributed by atoms with Gasteiger partial charge in [-0.05, 0) is 55.3 Å². The average molecular weight is 581 g/mol. The molecule has 15 heteroatoms. The number of nitro benzene ring substituents is 1. The number of non-ortho nitro benzene ring substituents is 1. The van der Waals surface area contributed by atoms with Gasteiger partial charge < -0.3 is 20.9 Å². The van der Waals surface area contributed by atoms with Crippen molar-refractivity contribution in [2.45, 2.75) is 23.8 Å². The number of nitrogens with one attached hydrogen (secondary N) is 2. The van der Waals surface area contributed by atoms with Crippen LogP contribution in [0.4, 0.5) is 21.6 Å². The second-order valence-corrected chi connectivity index (χ2v) is 12.1. The number of primary amides is 1. The third-order valence-corrected chi connectivity index (χ3v) is 9.41. The van der Waals surface area contributed by atoms with E-state index in [9.17, 15) is 23.5 Å². The molecule has 2 bridgehead atoms. The van der Waals surface area contributed by atoms with Gasteiger partial charge in [-0.25, -0.2) is 18.3 Å². The number of nitro groups is 1. The summed E-state index contributed by atoms with van der Waals surface area (Å²) in [5.74, 6) is -1.81. The zero-order valence-electron chi connectivity index (χ0n) is 21.3. The molecule has 210 valence electrons. The first kappa shape index (κ1) is 27.6. The molecule has 1 saturated heterocycles. The number of fused-ring (bicyclic) bond motifs is 2. The highest BCUT2D eigenvalue weighted by Gasteiger charge is 2.55. The Balaban J connectivity index is 1.30. The summed E-state index contributed by atoms with van der Waals surface area (Å²) in [5, 5.41) is 14.5. The highest BCUT2D eigenvalue weighted by Crippen LogP contribution is 2.52. The number of halogens is 2. The highest BCUT2D eigenvalue weighted by atomic mass is 35.5. The number of likely N-dealkylation sites (N-methyl/N-ethyl adjacent to an activating group) is 1. The largest absolute Gasteiger partial charge is 0.369 e. The standard InChI is InChI=1S/C24H30ClFN8O4S/c1-32-2-4-33(5-3-32)15-8-16(34(36)37)10-17(9-15)39(38)29-11-14-6-13-7-18(14)21(20(13)22(27)35)30-23-19(26)12-28-24(25)31-23/h8-10,12-14,18,20-21,29H,2-7,11H2,1H3,(H2,27,35)(H,28,30,31)/t13-,14+,18-,20+,21-,39?/m1/s1. The smallest absolute Gasteiger partial charge is 0.272 e. The van der Waals surface area contributed by atoms with Crippen molar-refractivity contribution in [3.05, 3.63) is 45.6 Å². The Kier molecular flexibility index (Phi) is 7.99. The number of rotatable bonds is 9. The first-order valence-corrected chi connectivity index (χ1v) is 14.3. The Morgan fingerprint density at radius 3 is 2.72 bits per heavy atom. The van der Waals surface area contributed by atoms with E-state index < -0.39 is 39.6 Å². The molecule has 1 aromatic heterocycles. The van der Waals surface area contributed by atoms with Gasteiger partial charge in [0.15, 0.2) is 11.6 Å². The Bertz CT molecular complexity index is 1300. The number of anilines is 2. The van der Waals surface area contributed by atoms with Crippen molar-refractivity contribution >= 4 is 45.7 Å². The number of hydrogen-bond acceptors (Lipinski definition) is 9. The molecule has 1 aliphatic heterocycles. The van der Waals surface area contributed by atoms with Gasteiger partial charge in [-0.1, -0.05) is 0 Å². The minimum atomic E-state index is -1.71. The van der Waals surface area contributed by atoms with Gasteiger partial charge in [0.2, 0.25) is 11.2 Å². The predicted octanol–water partition coefficient (Wildman–Crippen LogP) is 1.78. The average Bonchev–Trinajstić information content (AvgIpc) is 3.48. The molecule has 2 saturated carbocycles. The molecule has 2 aliphatic carbocycles. The fourth-order valence-electron chi connectivity index (χ4n) is 6.23. The maximum absolute atomic E-state index is 14.3. The van der Waals surface area contributed by atoms with Crippen LogP contribution in [0.3, 0.4) is 0 Å². The van der Waals surface area contributed by atoms with Crippen LogP contribution in [0.15, 0.2) is 29.3 Å². The first-order chi connectivity index (χ1) is 18.6. The molecular weight excluding hydrogens is 551 g/mol. The molecule has 0 radical (unpaired) electrons. The van der Waals surface area contributed by atoms with Crippen LogP contribution in [0.1, 0.15) is 12.8 Å². The summed E-state index contributed by atoms with van der Waals surface area (Å²) in [6.45, 7) is 3.44. The molecule has 5 rings (SSSR count). The van der Waals surface area contributed by atoms with Crippen LogP contribution in [0.5, 0.6) is 0 Å². The van der Waals surface area contributed by atoms with E-state index >= 15 is 0 Å². The molecule has 3 fully saturated rings. The van der Waals surface area contributed by atoms with Crippen LogP contribution in [-0.4, -0.2) is 75.7 Å². The van der Waals surface area contributed by atoms with E-state index in [0.29, 0.717) is 30.0 Å². The second-order valence-electron chi connectivity index (χ2n) is 10.4. The Hall–Kier alpha value is -2.94. The van der Waals surface area contributed by atoms with Gasteiger partial charge in [-0.3, -0.25) is 14.9 Å². The minimum absolute atomic E-state index is 0.00717. The quantitative estimate of drug-likeness (QED) is 0.228. The molecule has 2 heterocycles. The SMILES string of the molecule is CN1CCN(c2cc([N+](=O)[O-])cc(S(=O)NC[C@@H]3C[C@@H]4C[C@H]3[C@@H](Nc3nc(Cl)ncc3F)[C@H]4C(N)=O)c2)CC1. The summed E-state index contributed by atoms with van der Waals surface area (Å²) >= 11 is 5.84. The molecule has 4 N–H and O–H groups in total. The molecule has 39 heavy (non-hydrogen) atoms. The first-order valence-electron chi connectivity index (χ1n) is 12.7. The summed E-state index contributed by atoms with van der Waals surface area (Å²) in [6, 6.07) is 4.11. The van der Waals surface area contributed by atoms with E-state index in [1.165, 1.54) is 12.1 Å². The number of amides is 1. The Morgan fingerprint density at radius 2 is 2.03 bits per heavy atom. The predicted molar refractivity (Wildman–Crippen MR) is 144 cm³/mol. The molecule has 0 spiro atoms. The van der Waals surface area contributed by atoms with Gasteiger partial charge in [-0.2, -0.15) is 4.98 Å². The zero-order chi connectivity index (χ0) is 27.8. The molecule has 1 aromatic carbocycles. The number of aromatic nitrogens is 2. The molecule has 1 amide bonds. The van der Waals surface area contributed by atoms with E-state index in [2.05, 4.69) is 29.8 Å². The van der Waals surface area contributed by atoms with E-state index in [-0.39, 0.29) is 34.5 Å². The lowest BCUT2D eigenvalue weighted by atomic mass is 9.78. The summed E-state index contributed by atoms with van der Waals surface area (Å²) in [5.41, 5.74) is 6.26. The number of nitrogens with two attached hydrogens (primary N) is 1. The maximum Gasteiger partial charge on any atom is 0.272 e. The van der Waals surface area contributed by atoms with Gasteiger partial charge in [0.1, 0.15) is 11.0 Å². The zero-order valence-corrected chi connectivity index (χ0v) is 22.8. The Morgan fingerprint density at radius 1 is 1.28 bits per heavy atom.